The van der Waals surface area contributed by atoms with Crippen LogP contribution in [0, 0.1) is 6.92 Å². The lowest BCUT2D eigenvalue weighted by molar-refractivity contribution is -0.137. The summed E-state index contributed by atoms with van der Waals surface area (Å²) in [7, 11) is 0. The number of rotatable bonds is 5. The highest BCUT2D eigenvalue weighted by atomic mass is 16.5. The van der Waals surface area contributed by atoms with Crippen LogP contribution in [0.2, 0.25) is 0 Å². The maximum atomic E-state index is 11.9. The quantitative estimate of drug-likeness (QED) is 0.888. The summed E-state index contributed by atoms with van der Waals surface area (Å²) in [6.45, 7) is 4.96. The first kappa shape index (κ1) is 15.5. The molecule has 21 heavy (non-hydrogen) atoms. The molecule has 1 aromatic rings. The number of morpholine rings is 1. The maximum Gasteiger partial charge on any atom is 0.223 e. The lowest BCUT2D eigenvalue weighted by Crippen LogP contribution is -2.41. The Bertz CT molecular complexity index is 496. The number of nitrogens with one attached hydrogen (secondary N) is 1. The Labute approximate surface area is 125 Å². The Morgan fingerprint density at radius 3 is 2.62 bits per heavy atom. The van der Waals surface area contributed by atoms with Gasteiger partial charge in [0, 0.05) is 32.5 Å². The van der Waals surface area contributed by atoms with Crippen LogP contribution in [0.25, 0.3) is 0 Å². The molecule has 0 atom stereocenters. The number of amides is 2. The van der Waals surface area contributed by atoms with Gasteiger partial charge in [-0.25, -0.2) is 0 Å². The maximum absolute atomic E-state index is 11.9. The Morgan fingerprint density at radius 2 is 1.90 bits per heavy atom. The molecule has 1 aromatic carbocycles. The summed E-state index contributed by atoms with van der Waals surface area (Å²) in [5.74, 6) is -0.0517. The van der Waals surface area contributed by atoms with Crippen molar-refractivity contribution in [1.29, 1.82) is 0 Å². The van der Waals surface area contributed by atoms with Crippen molar-refractivity contribution in [3.05, 3.63) is 35.4 Å². The summed E-state index contributed by atoms with van der Waals surface area (Å²) in [5, 5.41) is 2.86. The van der Waals surface area contributed by atoms with Crippen molar-refractivity contribution in [2.75, 3.05) is 26.3 Å². The van der Waals surface area contributed by atoms with Crippen LogP contribution in [0.15, 0.2) is 24.3 Å². The monoisotopic (exact) mass is 290 g/mol. The molecule has 0 aliphatic carbocycles. The molecule has 5 heteroatoms. The van der Waals surface area contributed by atoms with E-state index in [1.54, 1.807) is 4.90 Å². The van der Waals surface area contributed by atoms with Gasteiger partial charge in [-0.05, 0) is 18.1 Å². The van der Waals surface area contributed by atoms with Crippen LogP contribution in [0.5, 0.6) is 0 Å². The van der Waals surface area contributed by atoms with Crippen LogP contribution in [-0.4, -0.2) is 43.0 Å². The third-order valence-corrected chi connectivity index (χ3v) is 3.67. The fourth-order valence-corrected chi connectivity index (χ4v) is 2.28. The van der Waals surface area contributed by atoms with Crippen LogP contribution in [0.4, 0.5) is 0 Å². The number of carbonyl (C=O) groups is 2. The Kier molecular flexibility index (Phi) is 5.75. The fraction of sp³-hybridized carbons (Fsp3) is 0.500. The number of aryl methyl sites for hydroxylation is 1. The number of carbonyl (C=O) groups excluding carboxylic acids is 2. The molecule has 1 N–H and O–H groups in total. The first-order valence-electron chi connectivity index (χ1n) is 7.33. The topological polar surface area (TPSA) is 58.6 Å². The summed E-state index contributed by atoms with van der Waals surface area (Å²) in [4.78, 5) is 25.5. The number of ether oxygens (including phenoxy) is 1. The van der Waals surface area contributed by atoms with E-state index >= 15 is 0 Å². The third kappa shape index (κ3) is 4.86. The zero-order chi connectivity index (χ0) is 15.1. The molecular weight excluding hydrogens is 268 g/mol. The first-order chi connectivity index (χ1) is 10.2. The van der Waals surface area contributed by atoms with E-state index in [4.69, 9.17) is 4.74 Å². The average molecular weight is 290 g/mol. The smallest absolute Gasteiger partial charge is 0.223 e. The van der Waals surface area contributed by atoms with Gasteiger partial charge in [-0.1, -0.05) is 24.3 Å². The number of hydrogen-bond acceptors (Lipinski definition) is 3. The van der Waals surface area contributed by atoms with Gasteiger partial charge in [-0.2, -0.15) is 0 Å². The Hall–Kier alpha value is -1.88. The Morgan fingerprint density at radius 1 is 1.19 bits per heavy atom. The van der Waals surface area contributed by atoms with Crippen molar-refractivity contribution in [2.24, 2.45) is 0 Å². The molecule has 1 saturated heterocycles. The molecule has 0 spiro atoms. The summed E-state index contributed by atoms with van der Waals surface area (Å²) < 4.78 is 5.20. The predicted molar refractivity (Wildman–Crippen MR) is 79.7 cm³/mol. The Balaban J connectivity index is 1.70. The van der Waals surface area contributed by atoms with Crippen molar-refractivity contribution in [2.45, 2.75) is 26.3 Å². The van der Waals surface area contributed by atoms with Gasteiger partial charge < -0.3 is 15.0 Å². The largest absolute Gasteiger partial charge is 0.378 e. The molecule has 0 bridgehead atoms. The van der Waals surface area contributed by atoms with Crippen LogP contribution < -0.4 is 5.32 Å². The number of benzene rings is 1. The molecule has 1 aliphatic rings. The van der Waals surface area contributed by atoms with Gasteiger partial charge in [0.1, 0.15) is 0 Å². The van der Waals surface area contributed by atoms with Gasteiger partial charge in [-0.15, -0.1) is 0 Å². The second-order valence-electron chi connectivity index (χ2n) is 5.20. The van der Waals surface area contributed by atoms with E-state index in [1.165, 1.54) is 0 Å². The van der Waals surface area contributed by atoms with Crippen LogP contribution in [0.3, 0.4) is 0 Å². The first-order valence-corrected chi connectivity index (χ1v) is 7.33. The van der Waals surface area contributed by atoms with E-state index < -0.39 is 0 Å². The zero-order valence-corrected chi connectivity index (χ0v) is 12.4. The van der Waals surface area contributed by atoms with Gasteiger partial charge >= 0.3 is 0 Å². The van der Waals surface area contributed by atoms with Gasteiger partial charge in [0.15, 0.2) is 0 Å². The standard InChI is InChI=1S/C16H22N2O3/c1-13-4-2-3-5-14(13)12-17-15(19)6-7-16(20)18-8-10-21-11-9-18/h2-5H,6-12H2,1H3,(H,17,19). The second kappa shape index (κ2) is 7.78. The summed E-state index contributed by atoms with van der Waals surface area (Å²) in [5.41, 5.74) is 2.26. The molecule has 2 rings (SSSR count). The molecular formula is C16H22N2O3. The highest BCUT2D eigenvalue weighted by Gasteiger charge is 2.17. The second-order valence-corrected chi connectivity index (χ2v) is 5.20. The lowest BCUT2D eigenvalue weighted by atomic mass is 10.1. The van der Waals surface area contributed by atoms with Crippen molar-refractivity contribution >= 4 is 11.8 Å². The molecule has 0 saturated carbocycles. The molecule has 1 fully saturated rings. The summed E-state index contributed by atoms with van der Waals surface area (Å²) >= 11 is 0. The van der Waals surface area contributed by atoms with Gasteiger partial charge in [0.2, 0.25) is 11.8 Å². The number of nitrogens with zero attached hydrogens (tertiary/aromatic N) is 1. The fourth-order valence-electron chi connectivity index (χ4n) is 2.28. The third-order valence-electron chi connectivity index (χ3n) is 3.67. The molecule has 0 unspecified atom stereocenters. The summed E-state index contributed by atoms with van der Waals surface area (Å²) in [6.07, 6.45) is 0.502. The van der Waals surface area contributed by atoms with Crippen molar-refractivity contribution in [3.8, 4) is 0 Å². The van der Waals surface area contributed by atoms with E-state index in [-0.39, 0.29) is 24.7 Å². The molecule has 114 valence electrons. The SMILES string of the molecule is Cc1ccccc1CNC(=O)CCC(=O)N1CCOCC1. The molecule has 1 heterocycles. The van der Waals surface area contributed by atoms with Gasteiger partial charge in [0.05, 0.1) is 13.2 Å². The van der Waals surface area contributed by atoms with E-state index in [1.807, 2.05) is 31.2 Å². The molecule has 2 amide bonds. The van der Waals surface area contributed by atoms with Crippen LogP contribution >= 0.6 is 0 Å². The molecule has 1 aliphatic heterocycles. The normalized spacial score (nSPS) is 14.8. The lowest BCUT2D eigenvalue weighted by Gasteiger charge is -2.26. The van der Waals surface area contributed by atoms with Gasteiger partial charge in [0.25, 0.3) is 0 Å². The minimum absolute atomic E-state index is 0.0318. The average Bonchev–Trinajstić information content (AvgIpc) is 2.52. The highest BCUT2D eigenvalue weighted by molar-refractivity contribution is 5.83. The number of hydrogen-bond donors (Lipinski definition) is 1. The van der Waals surface area contributed by atoms with Crippen LogP contribution in [0.1, 0.15) is 24.0 Å². The molecule has 5 nitrogen and oxygen atoms in total. The van der Waals surface area contributed by atoms with Crippen molar-refractivity contribution < 1.29 is 14.3 Å². The van der Waals surface area contributed by atoms with E-state index in [9.17, 15) is 9.59 Å². The van der Waals surface area contributed by atoms with Crippen molar-refractivity contribution in [1.82, 2.24) is 10.2 Å². The highest BCUT2D eigenvalue weighted by Crippen LogP contribution is 2.07. The van der Waals surface area contributed by atoms with E-state index in [2.05, 4.69) is 5.32 Å². The van der Waals surface area contributed by atoms with E-state index in [0.717, 1.165) is 11.1 Å². The predicted octanol–water partition coefficient (Wildman–Crippen LogP) is 1.25. The van der Waals surface area contributed by atoms with Crippen LogP contribution in [-0.2, 0) is 20.9 Å². The molecule has 0 radical (unpaired) electrons. The molecule has 0 aromatic heterocycles. The summed E-state index contributed by atoms with van der Waals surface area (Å²) in [6, 6.07) is 7.94. The van der Waals surface area contributed by atoms with Gasteiger partial charge in [-0.3, -0.25) is 9.59 Å². The van der Waals surface area contributed by atoms with Crippen molar-refractivity contribution in [3.63, 3.8) is 0 Å². The zero-order valence-electron chi connectivity index (χ0n) is 12.4. The minimum atomic E-state index is -0.0835. The van der Waals surface area contributed by atoms with E-state index in [0.29, 0.717) is 32.8 Å². The minimum Gasteiger partial charge on any atom is -0.378 e.